The molecule has 200 valence electrons. The summed E-state index contributed by atoms with van der Waals surface area (Å²) in [6.45, 7) is 0.745. The first kappa shape index (κ1) is 27.7. The van der Waals surface area contributed by atoms with E-state index in [-0.39, 0.29) is 30.7 Å². The summed E-state index contributed by atoms with van der Waals surface area (Å²) < 4.78 is 72.0. The van der Waals surface area contributed by atoms with Gasteiger partial charge in [0.05, 0.1) is 7.11 Å². The number of rotatable bonds is 8. The molecule has 1 fully saturated rings. The molecule has 3 rings (SSSR count). The number of hydrogen-bond acceptors (Lipinski definition) is 4. The zero-order valence-electron chi connectivity index (χ0n) is 19.8. The lowest BCUT2D eigenvalue weighted by atomic mass is 9.95. The zero-order valence-corrected chi connectivity index (χ0v) is 19.8. The Morgan fingerprint density at radius 1 is 0.946 bits per heavy atom. The first-order valence-electron chi connectivity index (χ1n) is 11.4. The van der Waals surface area contributed by atoms with Crippen molar-refractivity contribution in [1.29, 1.82) is 0 Å². The minimum atomic E-state index is -2.34. The van der Waals surface area contributed by atoms with Crippen LogP contribution in [0.25, 0.3) is 0 Å². The highest BCUT2D eigenvalue weighted by Crippen LogP contribution is 2.27. The van der Waals surface area contributed by atoms with Gasteiger partial charge in [0, 0.05) is 38.5 Å². The Morgan fingerprint density at radius 3 is 2.19 bits per heavy atom. The van der Waals surface area contributed by atoms with E-state index in [1.807, 2.05) is 18.2 Å². The van der Waals surface area contributed by atoms with Crippen molar-refractivity contribution in [1.82, 2.24) is 15.5 Å². The second kappa shape index (κ2) is 12.4. The van der Waals surface area contributed by atoms with Gasteiger partial charge in [0.25, 0.3) is 0 Å². The summed E-state index contributed by atoms with van der Waals surface area (Å²) in [5.41, 5.74) is -0.607. The third kappa shape index (κ3) is 6.86. The number of anilines is 1. The molecule has 8 nitrogen and oxygen atoms in total. The molecule has 0 atom stereocenters. The van der Waals surface area contributed by atoms with Gasteiger partial charge in [-0.05, 0) is 30.5 Å². The lowest BCUT2D eigenvalue weighted by Gasteiger charge is -2.31. The summed E-state index contributed by atoms with van der Waals surface area (Å²) in [4.78, 5) is 38.2. The van der Waals surface area contributed by atoms with Crippen LogP contribution in [0.15, 0.2) is 24.3 Å². The minimum Gasteiger partial charge on any atom is -0.497 e. The van der Waals surface area contributed by atoms with Gasteiger partial charge < -0.3 is 25.6 Å². The van der Waals surface area contributed by atoms with Crippen molar-refractivity contribution >= 4 is 23.5 Å². The highest BCUT2D eigenvalue weighted by molar-refractivity contribution is 5.90. The SMILES string of the molecule is COc1cccc(CNC(=O)C2CCN(C(=O)CCNC(=O)Nc3c(F)c(F)c(F)c(F)c3F)CC2)c1. The fourth-order valence-corrected chi connectivity index (χ4v) is 3.82. The van der Waals surface area contributed by atoms with E-state index in [1.165, 1.54) is 4.90 Å². The molecular formula is C24H25F5N4O4. The Bertz CT molecular complexity index is 1140. The van der Waals surface area contributed by atoms with E-state index in [0.29, 0.717) is 38.2 Å². The van der Waals surface area contributed by atoms with E-state index in [0.717, 1.165) is 5.56 Å². The molecule has 0 unspecified atom stereocenters. The molecule has 13 heteroatoms. The number of benzene rings is 2. The summed E-state index contributed by atoms with van der Waals surface area (Å²) in [5, 5.41) is 6.58. The molecule has 37 heavy (non-hydrogen) atoms. The summed E-state index contributed by atoms with van der Waals surface area (Å²) in [5.74, 6) is -11.1. The normalized spacial score (nSPS) is 13.7. The topological polar surface area (TPSA) is 99.8 Å². The van der Waals surface area contributed by atoms with Gasteiger partial charge in [-0.1, -0.05) is 12.1 Å². The van der Waals surface area contributed by atoms with Crippen molar-refractivity contribution in [3.63, 3.8) is 0 Å². The van der Waals surface area contributed by atoms with Crippen LogP contribution in [0.5, 0.6) is 5.75 Å². The van der Waals surface area contributed by atoms with Crippen LogP contribution in [0.1, 0.15) is 24.8 Å². The number of carbonyl (C=O) groups excluding carboxylic acids is 3. The fraction of sp³-hybridized carbons (Fsp3) is 0.375. The van der Waals surface area contributed by atoms with Crippen molar-refractivity contribution < 1.29 is 41.1 Å². The van der Waals surface area contributed by atoms with Crippen LogP contribution in [-0.2, 0) is 16.1 Å². The lowest BCUT2D eigenvalue weighted by Crippen LogP contribution is -2.43. The molecule has 0 spiro atoms. The van der Waals surface area contributed by atoms with E-state index in [4.69, 9.17) is 4.74 Å². The van der Waals surface area contributed by atoms with Crippen LogP contribution < -0.4 is 20.7 Å². The highest BCUT2D eigenvalue weighted by atomic mass is 19.2. The summed E-state index contributed by atoms with van der Waals surface area (Å²) in [6.07, 6.45) is 0.727. The van der Waals surface area contributed by atoms with E-state index in [9.17, 15) is 36.3 Å². The molecule has 0 saturated carbocycles. The van der Waals surface area contributed by atoms with Crippen LogP contribution in [0, 0.1) is 35.0 Å². The van der Waals surface area contributed by atoms with Gasteiger partial charge in [0.2, 0.25) is 17.6 Å². The van der Waals surface area contributed by atoms with Gasteiger partial charge in [-0.15, -0.1) is 0 Å². The van der Waals surface area contributed by atoms with Crippen LogP contribution in [0.2, 0.25) is 0 Å². The summed E-state index contributed by atoms with van der Waals surface area (Å²) in [6, 6.07) is 6.05. The van der Waals surface area contributed by atoms with Crippen LogP contribution >= 0.6 is 0 Å². The van der Waals surface area contributed by atoms with E-state index < -0.39 is 40.8 Å². The Kier molecular flexibility index (Phi) is 9.25. The Balaban J connectivity index is 1.39. The molecule has 0 aliphatic carbocycles. The molecule has 1 aliphatic rings. The van der Waals surface area contributed by atoms with Gasteiger partial charge in [0.1, 0.15) is 11.4 Å². The molecule has 2 aromatic rings. The maximum atomic E-state index is 13.7. The number of nitrogens with one attached hydrogen (secondary N) is 3. The molecule has 1 aliphatic heterocycles. The van der Waals surface area contributed by atoms with Crippen LogP contribution in [0.4, 0.5) is 32.4 Å². The predicted octanol–water partition coefficient (Wildman–Crippen LogP) is 3.46. The molecule has 1 saturated heterocycles. The number of likely N-dealkylation sites (tertiary alicyclic amines) is 1. The van der Waals surface area contributed by atoms with Crippen molar-refractivity contribution in [3.05, 3.63) is 58.9 Å². The molecule has 1 heterocycles. The second-order valence-electron chi connectivity index (χ2n) is 8.30. The van der Waals surface area contributed by atoms with E-state index in [2.05, 4.69) is 10.6 Å². The van der Waals surface area contributed by atoms with Crippen LogP contribution in [-0.4, -0.2) is 49.5 Å². The van der Waals surface area contributed by atoms with E-state index >= 15 is 0 Å². The standard InChI is InChI=1S/C24H25F5N4O4/c1-37-15-4-2-3-13(11-15)12-31-23(35)14-6-9-33(10-7-14)16(34)5-8-30-24(36)32-22-20(28)18(26)17(25)19(27)21(22)29/h2-4,11,14H,5-10,12H2,1H3,(H,31,35)(H2,30,32,36). The van der Waals surface area contributed by atoms with Crippen molar-refractivity contribution in [2.45, 2.75) is 25.8 Å². The van der Waals surface area contributed by atoms with Crippen molar-refractivity contribution in [3.8, 4) is 5.75 Å². The second-order valence-corrected chi connectivity index (χ2v) is 8.30. The molecule has 0 aromatic heterocycles. The van der Waals surface area contributed by atoms with Crippen molar-refractivity contribution in [2.75, 3.05) is 32.1 Å². The average molecular weight is 528 g/mol. The molecular weight excluding hydrogens is 503 g/mol. The van der Waals surface area contributed by atoms with Gasteiger partial charge in [-0.25, -0.2) is 26.7 Å². The monoisotopic (exact) mass is 528 g/mol. The van der Waals surface area contributed by atoms with E-state index in [1.54, 1.807) is 18.5 Å². The number of hydrogen-bond donors (Lipinski definition) is 3. The number of methoxy groups -OCH3 is 1. The number of ether oxygens (including phenoxy) is 1. The number of nitrogens with zero attached hydrogens (tertiary/aromatic N) is 1. The average Bonchev–Trinajstić information content (AvgIpc) is 2.92. The first-order chi connectivity index (χ1) is 17.6. The molecule has 4 amide bonds. The van der Waals surface area contributed by atoms with Crippen LogP contribution in [0.3, 0.4) is 0 Å². The largest absolute Gasteiger partial charge is 0.497 e. The molecule has 0 radical (unpaired) electrons. The van der Waals surface area contributed by atoms with Gasteiger partial charge >= 0.3 is 6.03 Å². The Labute approximate surface area is 209 Å². The highest BCUT2D eigenvalue weighted by Gasteiger charge is 2.28. The first-order valence-corrected chi connectivity index (χ1v) is 11.4. The number of urea groups is 1. The maximum absolute atomic E-state index is 13.7. The third-order valence-electron chi connectivity index (χ3n) is 5.89. The van der Waals surface area contributed by atoms with Gasteiger partial charge in [0.15, 0.2) is 23.3 Å². The number of halogens is 5. The minimum absolute atomic E-state index is 0.124. The number of carbonyl (C=O) groups is 3. The molecule has 2 aromatic carbocycles. The van der Waals surface area contributed by atoms with Crippen molar-refractivity contribution in [2.24, 2.45) is 5.92 Å². The maximum Gasteiger partial charge on any atom is 0.319 e. The summed E-state index contributed by atoms with van der Waals surface area (Å²) >= 11 is 0. The zero-order chi connectivity index (χ0) is 27.1. The molecule has 3 N–H and O–H groups in total. The Morgan fingerprint density at radius 2 is 1.57 bits per heavy atom. The quantitative estimate of drug-likeness (QED) is 0.278. The number of amides is 4. The smallest absolute Gasteiger partial charge is 0.319 e. The fourth-order valence-electron chi connectivity index (χ4n) is 3.82. The summed E-state index contributed by atoms with van der Waals surface area (Å²) in [7, 11) is 1.55. The molecule has 0 bridgehead atoms. The van der Waals surface area contributed by atoms with Gasteiger partial charge in [-0.3, -0.25) is 9.59 Å². The lowest BCUT2D eigenvalue weighted by molar-refractivity contribution is -0.135. The van der Waals surface area contributed by atoms with Gasteiger partial charge in [-0.2, -0.15) is 0 Å². The number of piperidine rings is 1. The Hall–Kier alpha value is -3.90. The predicted molar refractivity (Wildman–Crippen MR) is 122 cm³/mol. The third-order valence-corrected chi connectivity index (χ3v) is 5.89.